The number of nitrogens with zero attached hydrogens (tertiary/aromatic N) is 1. The van der Waals surface area contributed by atoms with Crippen LogP contribution in [-0.2, 0) is 14.3 Å². The van der Waals surface area contributed by atoms with E-state index >= 15 is 0 Å². The molecule has 1 rings (SSSR count). The molecule has 0 saturated carbocycles. The van der Waals surface area contributed by atoms with Gasteiger partial charge in [0.15, 0.2) is 6.29 Å². The van der Waals surface area contributed by atoms with Crippen molar-refractivity contribution in [1.29, 1.82) is 0 Å². The summed E-state index contributed by atoms with van der Waals surface area (Å²) >= 11 is 5.05. The Bertz CT molecular complexity index is 434. The Morgan fingerprint density at radius 3 is 2.38 bits per heavy atom. The Balaban J connectivity index is 2.78. The molecule has 0 aliphatic rings. The predicted molar refractivity (Wildman–Crippen MR) is 88.5 cm³/mol. The van der Waals surface area contributed by atoms with Crippen LogP contribution >= 0.6 is 27.3 Å². The average Bonchev–Trinajstić information content (AvgIpc) is 2.85. The van der Waals surface area contributed by atoms with Gasteiger partial charge in [0.1, 0.15) is 6.04 Å². The van der Waals surface area contributed by atoms with Crippen LogP contribution in [0.1, 0.15) is 25.5 Å². The highest BCUT2D eigenvalue weighted by Gasteiger charge is 2.25. The van der Waals surface area contributed by atoms with Gasteiger partial charge in [-0.25, -0.2) is 0 Å². The number of rotatable bonds is 9. The van der Waals surface area contributed by atoms with Crippen molar-refractivity contribution in [2.24, 2.45) is 0 Å². The summed E-state index contributed by atoms with van der Waals surface area (Å²) in [5.41, 5.74) is 0.936. The van der Waals surface area contributed by atoms with Gasteiger partial charge in [-0.3, -0.25) is 10.1 Å². The second-order valence-corrected chi connectivity index (χ2v) is 6.19. The average molecular weight is 379 g/mol. The summed E-state index contributed by atoms with van der Waals surface area (Å²) in [7, 11) is 3.50. The monoisotopic (exact) mass is 378 g/mol. The van der Waals surface area contributed by atoms with Gasteiger partial charge in [0.2, 0.25) is 5.91 Å². The van der Waals surface area contributed by atoms with E-state index in [4.69, 9.17) is 9.47 Å². The fraction of sp³-hybridized carbons (Fsp3) is 0.643. The highest BCUT2D eigenvalue weighted by atomic mass is 79.9. The Hall–Kier alpha value is -0.470. The van der Waals surface area contributed by atoms with Crippen LogP contribution in [0.25, 0.3) is 0 Å². The molecule has 5 nitrogen and oxygen atoms in total. The van der Waals surface area contributed by atoms with E-state index in [1.165, 1.54) is 0 Å². The maximum absolute atomic E-state index is 12.4. The topological polar surface area (TPSA) is 50.8 Å². The fourth-order valence-corrected chi connectivity index (χ4v) is 3.39. The summed E-state index contributed by atoms with van der Waals surface area (Å²) in [5.74, 6) is 0.000784. The zero-order chi connectivity index (χ0) is 15.8. The number of carbonyl (C=O) groups is 1. The lowest BCUT2D eigenvalue weighted by molar-refractivity contribution is -0.139. The van der Waals surface area contributed by atoms with Crippen molar-refractivity contribution >= 4 is 33.2 Å². The number of hydrogen-bond donors (Lipinski definition) is 1. The minimum atomic E-state index is -0.413. The van der Waals surface area contributed by atoms with Crippen LogP contribution in [0.5, 0.6) is 0 Å². The molecule has 1 heterocycles. The number of ether oxygens (including phenoxy) is 2. The smallest absolute Gasteiger partial charge is 0.243 e. The molecular weight excluding hydrogens is 356 g/mol. The van der Waals surface area contributed by atoms with Crippen molar-refractivity contribution in [3.8, 4) is 0 Å². The Labute approximate surface area is 138 Å². The minimum Gasteiger partial charge on any atom is -0.352 e. The first kappa shape index (κ1) is 18.6. The van der Waals surface area contributed by atoms with Gasteiger partial charge in [-0.2, -0.15) is 11.3 Å². The van der Waals surface area contributed by atoms with Gasteiger partial charge < -0.3 is 14.4 Å². The summed E-state index contributed by atoms with van der Waals surface area (Å²) in [6.07, 6.45) is -0.352. The molecule has 1 unspecified atom stereocenters. The molecule has 0 radical (unpaired) electrons. The molecule has 0 aliphatic heterocycles. The molecule has 1 amide bonds. The Morgan fingerprint density at radius 1 is 1.33 bits per heavy atom. The SMILES string of the molecule is CCOC(CNC(C(=O)N(C)C)c1cscc1Br)OCC. The maximum Gasteiger partial charge on any atom is 0.243 e. The Morgan fingerprint density at radius 2 is 1.95 bits per heavy atom. The summed E-state index contributed by atoms with van der Waals surface area (Å²) in [6.45, 7) is 5.43. The fourth-order valence-electron chi connectivity index (χ4n) is 1.84. The summed E-state index contributed by atoms with van der Waals surface area (Å²) < 4.78 is 11.9. The van der Waals surface area contributed by atoms with Crippen molar-refractivity contribution in [2.45, 2.75) is 26.2 Å². The second-order valence-electron chi connectivity index (χ2n) is 4.59. The molecule has 21 heavy (non-hydrogen) atoms. The number of amides is 1. The zero-order valence-corrected chi connectivity index (χ0v) is 15.3. The molecule has 0 fully saturated rings. The van der Waals surface area contributed by atoms with Gasteiger partial charge in [-0.15, -0.1) is 0 Å². The second kappa shape index (κ2) is 9.53. The van der Waals surface area contributed by atoms with Crippen molar-refractivity contribution in [3.05, 3.63) is 20.8 Å². The molecule has 0 bridgehead atoms. The van der Waals surface area contributed by atoms with Gasteiger partial charge in [0.25, 0.3) is 0 Å². The normalized spacial score (nSPS) is 12.7. The molecule has 1 aromatic rings. The lowest BCUT2D eigenvalue weighted by Crippen LogP contribution is -2.41. The minimum absolute atomic E-state index is 0.000784. The number of likely N-dealkylation sites (N-methyl/N-ethyl adjacent to an activating group) is 1. The van der Waals surface area contributed by atoms with E-state index in [2.05, 4.69) is 21.2 Å². The molecule has 1 N–H and O–H groups in total. The van der Waals surface area contributed by atoms with Gasteiger partial charge in [0.05, 0.1) is 0 Å². The maximum atomic E-state index is 12.4. The van der Waals surface area contributed by atoms with Gasteiger partial charge >= 0.3 is 0 Å². The van der Waals surface area contributed by atoms with Crippen molar-refractivity contribution in [3.63, 3.8) is 0 Å². The predicted octanol–water partition coefficient (Wildman–Crippen LogP) is 2.63. The lowest BCUT2D eigenvalue weighted by Gasteiger charge is -2.24. The third kappa shape index (κ3) is 5.67. The lowest BCUT2D eigenvalue weighted by atomic mass is 10.1. The summed E-state index contributed by atoms with van der Waals surface area (Å²) in [6, 6.07) is -0.413. The zero-order valence-electron chi connectivity index (χ0n) is 12.9. The first-order valence-electron chi connectivity index (χ1n) is 6.90. The van der Waals surface area contributed by atoms with E-state index in [9.17, 15) is 4.79 Å². The van der Waals surface area contributed by atoms with Crippen LogP contribution in [0.2, 0.25) is 0 Å². The molecule has 0 aliphatic carbocycles. The van der Waals surface area contributed by atoms with E-state index in [-0.39, 0.29) is 12.2 Å². The van der Waals surface area contributed by atoms with Crippen LogP contribution in [0.3, 0.4) is 0 Å². The van der Waals surface area contributed by atoms with Crippen LogP contribution in [0.4, 0.5) is 0 Å². The molecule has 1 atom stereocenters. The first-order valence-corrected chi connectivity index (χ1v) is 8.64. The summed E-state index contributed by atoms with van der Waals surface area (Å²) in [5, 5.41) is 7.19. The van der Waals surface area contributed by atoms with Crippen molar-refractivity contribution in [2.75, 3.05) is 33.9 Å². The van der Waals surface area contributed by atoms with E-state index in [1.54, 1.807) is 30.3 Å². The molecule has 0 aromatic carbocycles. The van der Waals surface area contributed by atoms with E-state index < -0.39 is 6.04 Å². The molecule has 0 spiro atoms. The van der Waals surface area contributed by atoms with Gasteiger partial charge in [-0.05, 0) is 35.2 Å². The molecule has 120 valence electrons. The first-order chi connectivity index (χ1) is 10.0. The molecule has 1 aromatic heterocycles. The number of carbonyl (C=O) groups excluding carboxylic acids is 1. The van der Waals surface area contributed by atoms with E-state index in [0.29, 0.717) is 19.8 Å². The van der Waals surface area contributed by atoms with Crippen LogP contribution in [0.15, 0.2) is 15.2 Å². The highest BCUT2D eigenvalue weighted by molar-refractivity contribution is 9.10. The number of halogens is 1. The highest BCUT2D eigenvalue weighted by Crippen LogP contribution is 2.28. The number of nitrogens with one attached hydrogen (secondary N) is 1. The van der Waals surface area contributed by atoms with Gasteiger partial charge in [0, 0.05) is 49.3 Å². The summed E-state index contributed by atoms with van der Waals surface area (Å²) in [4.78, 5) is 14.0. The van der Waals surface area contributed by atoms with E-state index in [0.717, 1.165) is 10.0 Å². The van der Waals surface area contributed by atoms with Crippen LogP contribution < -0.4 is 5.32 Å². The number of thiophene rings is 1. The van der Waals surface area contributed by atoms with Crippen LogP contribution in [0, 0.1) is 0 Å². The Kier molecular flexibility index (Phi) is 8.43. The molecule has 0 saturated heterocycles. The number of hydrogen-bond acceptors (Lipinski definition) is 5. The molecule has 7 heteroatoms. The molecular formula is C14H23BrN2O3S. The standard InChI is InChI=1S/C14H23BrN2O3S/c1-5-19-12(20-6-2)7-16-13(14(18)17(3)4)10-8-21-9-11(10)15/h8-9,12-13,16H,5-7H2,1-4H3. The van der Waals surface area contributed by atoms with Crippen LogP contribution in [-0.4, -0.2) is 51.0 Å². The third-order valence-corrected chi connectivity index (χ3v) is 4.59. The van der Waals surface area contributed by atoms with Gasteiger partial charge in [-0.1, -0.05) is 0 Å². The largest absolute Gasteiger partial charge is 0.352 e. The van der Waals surface area contributed by atoms with Crippen molar-refractivity contribution < 1.29 is 14.3 Å². The van der Waals surface area contributed by atoms with E-state index in [1.807, 2.05) is 24.6 Å². The quantitative estimate of drug-likeness (QED) is 0.671. The third-order valence-electron chi connectivity index (χ3n) is 2.83. The van der Waals surface area contributed by atoms with Crippen molar-refractivity contribution in [1.82, 2.24) is 10.2 Å².